The van der Waals surface area contributed by atoms with Gasteiger partial charge in [0.15, 0.2) is 0 Å². The quantitative estimate of drug-likeness (QED) is 0.862. The number of nitrogens with one attached hydrogen (secondary N) is 1. The third-order valence-corrected chi connectivity index (χ3v) is 4.02. The average molecular weight is 340 g/mol. The van der Waals surface area contributed by atoms with Crippen LogP contribution in [-0.2, 0) is 6.54 Å². The van der Waals surface area contributed by atoms with Crippen LogP contribution >= 0.6 is 28.3 Å². The fourth-order valence-corrected chi connectivity index (χ4v) is 1.71. The Balaban J connectivity index is 0.00000289. The molecule has 0 saturated heterocycles. The van der Waals surface area contributed by atoms with Crippen molar-refractivity contribution in [1.29, 1.82) is 0 Å². The van der Waals surface area contributed by atoms with E-state index in [1.165, 1.54) is 6.07 Å². The van der Waals surface area contributed by atoms with Crippen LogP contribution in [0, 0.1) is 11.7 Å². The van der Waals surface area contributed by atoms with Gasteiger partial charge in [0.2, 0.25) is 0 Å². The van der Waals surface area contributed by atoms with Crippen molar-refractivity contribution in [3.63, 3.8) is 0 Å². The van der Waals surface area contributed by atoms with Gasteiger partial charge in [0.05, 0.1) is 4.47 Å². The zero-order valence-electron chi connectivity index (χ0n) is 11.0. The largest absolute Gasteiger partial charge is 0.329 e. The molecule has 0 aromatic heterocycles. The van der Waals surface area contributed by atoms with Gasteiger partial charge in [0.25, 0.3) is 0 Å². The SMILES string of the molecule is CC(C)C(C)(CN)NCc1ccc(Br)c(F)c1.Cl. The number of hydrogen-bond donors (Lipinski definition) is 2. The van der Waals surface area contributed by atoms with E-state index in [9.17, 15) is 4.39 Å². The summed E-state index contributed by atoms with van der Waals surface area (Å²) < 4.78 is 13.8. The Labute approximate surface area is 123 Å². The third-order valence-electron chi connectivity index (χ3n) is 3.38. The summed E-state index contributed by atoms with van der Waals surface area (Å²) >= 11 is 3.14. The minimum absolute atomic E-state index is 0. The Bertz CT molecular complexity index is 387. The maximum absolute atomic E-state index is 13.3. The lowest BCUT2D eigenvalue weighted by molar-refractivity contribution is 0.267. The molecular weight excluding hydrogens is 319 g/mol. The van der Waals surface area contributed by atoms with Gasteiger partial charge < -0.3 is 11.1 Å². The molecule has 0 spiro atoms. The fraction of sp³-hybridized carbons (Fsp3) is 0.538. The summed E-state index contributed by atoms with van der Waals surface area (Å²) in [7, 11) is 0. The summed E-state index contributed by atoms with van der Waals surface area (Å²) in [6.45, 7) is 7.52. The molecule has 1 unspecified atom stereocenters. The molecule has 0 aliphatic heterocycles. The second kappa shape index (κ2) is 7.43. The molecule has 1 aromatic carbocycles. The topological polar surface area (TPSA) is 38.0 Å². The molecule has 0 heterocycles. The normalized spacial score (nSPS) is 14.2. The summed E-state index contributed by atoms with van der Waals surface area (Å²) in [6.07, 6.45) is 0. The molecule has 0 aliphatic rings. The molecule has 0 aliphatic carbocycles. The van der Waals surface area contributed by atoms with Crippen molar-refractivity contribution in [3.8, 4) is 0 Å². The predicted molar refractivity (Wildman–Crippen MR) is 80.5 cm³/mol. The lowest BCUT2D eigenvalue weighted by Crippen LogP contribution is -2.52. The van der Waals surface area contributed by atoms with E-state index in [0.29, 0.717) is 23.5 Å². The van der Waals surface area contributed by atoms with Gasteiger partial charge in [-0.25, -0.2) is 4.39 Å². The predicted octanol–water partition coefficient (Wildman–Crippen LogP) is 3.47. The third kappa shape index (κ3) is 4.50. The Kier molecular flexibility index (Phi) is 7.37. The van der Waals surface area contributed by atoms with Gasteiger partial charge >= 0.3 is 0 Å². The van der Waals surface area contributed by atoms with Crippen LogP contribution in [0.5, 0.6) is 0 Å². The summed E-state index contributed by atoms with van der Waals surface area (Å²) in [6, 6.07) is 5.16. The molecule has 3 N–H and O–H groups in total. The molecule has 1 rings (SSSR count). The molecule has 0 saturated carbocycles. The molecule has 0 bridgehead atoms. The van der Waals surface area contributed by atoms with Crippen LogP contribution in [0.2, 0.25) is 0 Å². The molecule has 18 heavy (non-hydrogen) atoms. The average Bonchev–Trinajstić information content (AvgIpc) is 2.30. The van der Waals surface area contributed by atoms with Crippen molar-refractivity contribution in [3.05, 3.63) is 34.1 Å². The monoisotopic (exact) mass is 338 g/mol. The van der Waals surface area contributed by atoms with Gasteiger partial charge in [-0.1, -0.05) is 19.9 Å². The van der Waals surface area contributed by atoms with E-state index in [0.717, 1.165) is 5.56 Å². The highest BCUT2D eigenvalue weighted by atomic mass is 79.9. The number of rotatable bonds is 5. The Hall–Kier alpha value is -0.160. The molecule has 5 heteroatoms. The summed E-state index contributed by atoms with van der Waals surface area (Å²) in [4.78, 5) is 0. The van der Waals surface area contributed by atoms with E-state index in [1.807, 2.05) is 6.07 Å². The second-order valence-corrected chi connectivity index (χ2v) is 5.73. The number of benzene rings is 1. The van der Waals surface area contributed by atoms with Crippen LogP contribution in [0.15, 0.2) is 22.7 Å². The number of hydrogen-bond acceptors (Lipinski definition) is 2. The molecule has 104 valence electrons. The van der Waals surface area contributed by atoms with Crippen molar-refractivity contribution < 1.29 is 4.39 Å². The fourth-order valence-electron chi connectivity index (χ4n) is 1.47. The van der Waals surface area contributed by atoms with E-state index >= 15 is 0 Å². The van der Waals surface area contributed by atoms with E-state index < -0.39 is 0 Å². The van der Waals surface area contributed by atoms with Crippen LogP contribution in [0.1, 0.15) is 26.3 Å². The van der Waals surface area contributed by atoms with Crippen molar-refractivity contribution in [2.75, 3.05) is 6.54 Å². The summed E-state index contributed by atoms with van der Waals surface area (Å²) in [5.74, 6) is 0.191. The van der Waals surface area contributed by atoms with Crippen molar-refractivity contribution >= 4 is 28.3 Å². The minimum Gasteiger partial charge on any atom is -0.329 e. The molecule has 0 amide bonds. The van der Waals surface area contributed by atoms with Crippen LogP contribution in [0.3, 0.4) is 0 Å². The van der Waals surface area contributed by atoms with Crippen LogP contribution in [-0.4, -0.2) is 12.1 Å². The van der Waals surface area contributed by atoms with Crippen LogP contribution in [0.25, 0.3) is 0 Å². The van der Waals surface area contributed by atoms with Gasteiger partial charge in [-0.15, -0.1) is 12.4 Å². The minimum atomic E-state index is -0.233. The molecule has 2 nitrogen and oxygen atoms in total. The molecule has 1 aromatic rings. The number of nitrogens with two attached hydrogens (primary N) is 1. The van der Waals surface area contributed by atoms with Gasteiger partial charge in [-0.05, 0) is 46.5 Å². The Morgan fingerprint density at radius 3 is 2.50 bits per heavy atom. The van der Waals surface area contributed by atoms with Crippen molar-refractivity contribution in [2.24, 2.45) is 11.7 Å². The van der Waals surface area contributed by atoms with E-state index in [4.69, 9.17) is 5.73 Å². The Morgan fingerprint density at radius 2 is 2.06 bits per heavy atom. The molecular formula is C13H21BrClFN2. The lowest BCUT2D eigenvalue weighted by atomic mass is 9.88. The first kappa shape index (κ1) is 17.8. The first-order valence-corrected chi connectivity index (χ1v) is 6.57. The van der Waals surface area contributed by atoms with Crippen molar-refractivity contribution in [1.82, 2.24) is 5.32 Å². The lowest BCUT2D eigenvalue weighted by Gasteiger charge is -2.33. The van der Waals surface area contributed by atoms with E-state index in [1.54, 1.807) is 6.07 Å². The smallest absolute Gasteiger partial charge is 0.137 e. The molecule has 0 fully saturated rings. The zero-order chi connectivity index (χ0) is 13.1. The van der Waals surface area contributed by atoms with Gasteiger partial charge in [-0.3, -0.25) is 0 Å². The highest BCUT2D eigenvalue weighted by Crippen LogP contribution is 2.19. The van der Waals surface area contributed by atoms with Gasteiger partial charge in [-0.2, -0.15) is 0 Å². The Morgan fingerprint density at radius 1 is 1.44 bits per heavy atom. The highest BCUT2D eigenvalue weighted by molar-refractivity contribution is 9.10. The first-order valence-electron chi connectivity index (χ1n) is 5.78. The van der Waals surface area contributed by atoms with E-state index in [2.05, 4.69) is 42.0 Å². The maximum atomic E-state index is 13.3. The van der Waals surface area contributed by atoms with Crippen molar-refractivity contribution in [2.45, 2.75) is 32.9 Å². The molecule has 0 radical (unpaired) electrons. The van der Waals surface area contributed by atoms with Crippen LogP contribution in [0.4, 0.5) is 4.39 Å². The zero-order valence-corrected chi connectivity index (χ0v) is 13.4. The highest BCUT2D eigenvalue weighted by Gasteiger charge is 2.25. The van der Waals surface area contributed by atoms with Gasteiger partial charge in [0.1, 0.15) is 5.82 Å². The molecule has 1 atom stereocenters. The van der Waals surface area contributed by atoms with E-state index in [-0.39, 0.29) is 23.8 Å². The second-order valence-electron chi connectivity index (χ2n) is 4.88. The number of halogens is 3. The standard InChI is InChI=1S/C13H20BrFN2.ClH/c1-9(2)13(3,8-16)17-7-10-4-5-11(14)12(15)6-10;/h4-6,9,17H,7-8,16H2,1-3H3;1H. The van der Waals surface area contributed by atoms with Gasteiger partial charge in [0, 0.05) is 18.6 Å². The maximum Gasteiger partial charge on any atom is 0.137 e. The van der Waals surface area contributed by atoms with Crippen LogP contribution < -0.4 is 11.1 Å². The summed E-state index contributed by atoms with van der Waals surface area (Å²) in [5.41, 5.74) is 6.58. The summed E-state index contributed by atoms with van der Waals surface area (Å²) in [5, 5.41) is 3.40. The first-order chi connectivity index (χ1) is 7.89.